The number of aryl methyl sites for hydroxylation is 1. The molecule has 46 heavy (non-hydrogen) atoms. The number of carboxylic acid groups (broad SMARTS) is 1. The summed E-state index contributed by atoms with van der Waals surface area (Å²) >= 11 is 0. The van der Waals surface area contributed by atoms with Crippen LogP contribution in [0.3, 0.4) is 0 Å². The third-order valence-corrected chi connectivity index (χ3v) is 9.47. The molecule has 1 aromatic heterocycles. The molecule has 8 nitrogen and oxygen atoms in total. The van der Waals surface area contributed by atoms with Crippen LogP contribution in [0, 0.1) is 30.4 Å². The minimum Gasteiger partial charge on any atom is -0.550 e. The fourth-order valence-electron chi connectivity index (χ4n) is 6.70. The molecular weight excluding hydrogens is 603 g/mol. The van der Waals surface area contributed by atoms with Crippen LogP contribution in [-0.4, -0.2) is 61.2 Å². The zero-order valence-electron chi connectivity index (χ0n) is 26.5. The van der Waals surface area contributed by atoms with Gasteiger partial charge in [-0.3, -0.25) is 4.79 Å². The fourth-order valence-corrected chi connectivity index (χ4v) is 6.70. The number of aliphatic carboxylic acids is 1. The second-order valence-corrected chi connectivity index (χ2v) is 12.4. The Morgan fingerprint density at radius 3 is 2.41 bits per heavy atom. The summed E-state index contributed by atoms with van der Waals surface area (Å²) in [7, 11) is 0. The molecule has 3 fully saturated rings. The number of aromatic nitrogens is 1. The number of ether oxygens (including phenoxy) is 2. The predicted octanol–water partition coefficient (Wildman–Crippen LogP) is 1.63. The second kappa shape index (κ2) is 15.2. The summed E-state index contributed by atoms with van der Waals surface area (Å²) in [6.07, 6.45) is 3.51. The molecule has 0 radical (unpaired) electrons. The number of halogens is 2. The van der Waals surface area contributed by atoms with E-state index >= 15 is 4.39 Å². The van der Waals surface area contributed by atoms with Crippen molar-refractivity contribution in [3.8, 4) is 17.0 Å². The van der Waals surface area contributed by atoms with Gasteiger partial charge in [0.1, 0.15) is 18.2 Å². The molecule has 0 unspecified atom stereocenters. The Bertz CT molecular complexity index is 1550. The first-order chi connectivity index (χ1) is 21.8. The van der Waals surface area contributed by atoms with E-state index in [1.54, 1.807) is 18.2 Å². The number of hydrogen-bond donors (Lipinski definition) is 0. The molecule has 0 aliphatic carbocycles. The molecule has 3 aliphatic heterocycles. The van der Waals surface area contributed by atoms with Crippen LogP contribution in [-0.2, 0) is 20.9 Å². The number of amides is 1. The normalized spacial score (nSPS) is 19.2. The van der Waals surface area contributed by atoms with Gasteiger partial charge in [0.05, 0.1) is 18.2 Å². The number of carbonyl (C=O) groups excluding carboxylic acids is 2. The van der Waals surface area contributed by atoms with Crippen LogP contribution in [0.2, 0.25) is 0 Å². The van der Waals surface area contributed by atoms with Gasteiger partial charge < -0.3 is 29.2 Å². The van der Waals surface area contributed by atoms with E-state index in [1.807, 2.05) is 22.8 Å². The van der Waals surface area contributed by atoms with Gasteiger partial charge in [-0.2, -0.15) is 0 Å². The van der Waals surface area contributed by atoms with Crippen molar-refractivity contribution in [2.45, 2.75) is 51.6 Å². The Morgan fingerprint density at radius 1 is 0.978 bits per heavy atom. The summed E-state index contributed by atoms with van der Waals surface area (Å²) < 4.78 is 41.0. The van der Waals surface area contributed by atoms with Crippen molar-refractivity contribution in [1.82, 2.24) is 9.88 Å². The van der Waals surface area contributed by atoms with E-state index in [0.29, 0.717) is 56.6 Å². The van der Waals surface area contributed by atoms with Crippen LogP contribution >= 0.6 is 0 Å². The predicted molar refractivity (Wildman–Crippen MR) is 163 cm³/mol. The van der Waals surface area contributed by atoms with Gasteiger partial charge >= 0.3 is 29.6 Å². The van der Waals surface area contributed by atoms with E-state index in [9.17, 15) is 19.1 Å². The van der Waals surface area contributed by atoms with Crippen LogP contribution < -0.4 is 44.3 Å². The summed E-state index contributed by atoms with van der Waals surface area (Å²) in [6.45, 7) is 5.76. The van der Waals surface area contributed by atoms with E-state index in [0.717, 1.165) is 49.5 Å². The van der Waals surface area contributed by atoms with Gasteiger partial charge in [0.2, 0.25) is 5.91 Å². The molecule has 0 bridgehead atoms. The Hall–Kier alpha value is -3.05. The fraction of sp³-hybridized carbons (Fsp3) is 0.457. The van der Waals surface area contributed by atoms with E-state index in [2.05, 4.69) is 17.1 Å². The number of pyridine rings is 1. The molecule has 238 valence electrons. The minimum atomic E-state index is -1.04. The average Bonchev–Trinajstić information content (AvgIpc) is 3.60. The Morgan fingerprint density at radius 2 is 1.74 bits per heavy atom. The SMILES string of the molecule is Cc1cc(C2CCN(C(=O)[C@H]3CCOC3)CC2)ccc1COc1c(F)cc(F)cc1-c1cccc(N2CCC(C(=O)[O-])CC2)n1.[Na+]. The van der Waals surface area contributed by atoms with Gasteiger partial charge in [-0.05, 0) is 79.8 Å². The van der Waals surface area contributed by atoms with Crippen LogP contribution in [0.1, 0.15) is 54.7 Å². The number of piperidine rings is 2. The number of anilines is 1. The van der Waals surface area contributed by atoms with E-state index in [4.69, 9.17) is 9.47 Å². The Labute approximate surface area is 290 Å². The quantitative estimate of drug-likeness (QED) is 0.345. The molecule has 1 atom stereocenters. The minimum absolute atomic E-state index is 0. The zero-order chi connectivity index (χ0) is 31.5. The third kappa shape index (κ3) is 7.73. The molecule has 6 rings (SSSR count). The Kier molecular flexibility index (Phi) is 11.4. The molecule has 3 aliphatic rings. The van der Waals surface area contributed by atoms with Gasteiger partial charge in [-0.15, -0.1) is 0 Å². The maximum absolute atomic E-state index is 15.2. The standard InChI is InChI=1S/C35H39F2N3O5.Na/c1-22-17-25(23-7-14-40(15-8-23)34(41)27-11-16-44-20-27)5-6-26(22)21-45-33-29(18-28(36)19-30(33)37)31-3-2-4-32(38-31)39-12-9-24(10-13-39)35(42)43;/h2-6,17-19,23-24,27H,7-16,20-21H2,1H3,(H,42,43);/q;+1/p-1/t27-;/m0./s1. The Balaban J connectivity index is 0.00000417. The largest absolute Gasteiger partial charge is 1.00 e. The van der Waals surface area contributed by atoms with Crippen LogP contribution in [0.5, 0.6) is 5.75 Å². The van der Waals surface area contributed by atoms with Crippen LogP contribution in [0.15, 0.2) is 48.5 Å². The van der Waals surface area contributed by atoms with Crippen LogP contribution in [0.25, 0.3) is 11.3 Å². The first kappa shape index (κ1) is 34.3. The zero-order valence-corrected chi connectivity index (χ0v) is 28.5. The van der Waals surface area contributed by atoms with Crippen molar-refractivity contribution in [3.05, 3.63) is 76.9 Å². The van der Waals surface area contributed by atoms with Crippen molar-refractivity contribution < 1.29 is 62.5 Å². The van der Waals surface area contributed by atoms with Crippen molar-refractivity contribution in [2.24, 2.45) is 11.8 Å². The number of hydrogen-bond acceptors (Lipinski definition) is 7. The van der Waals surface area contributed by atoms with E-state index in [-0.39, 0.29) is 59.3 Å². The molecule has 1 amide bonds. The van der Waals surface area contributed by atoms with Gasteiger partial charge in [0.15, 0.2) is 11.6 Å². The van der Waals surface area contributed by atoms with Gasteiger partial charge in [0.25, 0.3) is 0 Å². The maximum Gasteiger partial charge on any atom is 1.00 e. The summed E-state index contributed by atoms with van der Waals surface area (Å²) in [5.41, 5.74) is 3.68. The second-order valence-electron chi connectivity index (χ2n) is 12.4. The van der Waals surface area contributed by atoms with Crippen LogP contribution in [0.4, 0.5) is 14.6 Å². The van der Waals surface area contributed by atoms with Crippen molar-refractivity contribution >= 4 is 17.7 Å². The maximum atomic E-state index is 15.2. The van der Waals surface area contributed by atoms with Gasteiger partial charge in [-0.1, -0.05) is 24.3 Å². The van der Waals surface area contributed by atoms with Crippen molar-refractivity contribution in [3.63, 3.8) is 0 Å². The van der Waals surface area contributed by atoms with Gasteiger partial charge in [-0.25, -0.2) is 13.8 Å². The summed E-state index contributed by atoms with van der Waals surface area (Å²) in [4.78, 5) is 32.6. The van der Waals surface area contributed by atoms with E-state index < -0.39 is 23.5 Å². The molecular formula is C35H38F2N3NaO5. The number of nitrogens with zero attached hydrogens (tertiary/aromatic N) is 3. The number of rotatable bonds is 8. The molecule has 0 spiro atoms. The van der Waals surface area contributed by atoms with Crippen molar-refractivity contribution in [1.29, 1.82) is 0 Å². The van der Waals surface area contributed by atoms with Gasteiger partial charge in [0, 0.05) is 56.3 Å². The summed E-state index contributed by atoms with van der Waals surface area (Å²) in [5, 5.41) is 11.2. The summed E-state index contributed by atoms with van der Waals surface area (Å²) in [6, 6.07) is 13.5. The molecule has 4 heterocycles. The first-order valence-electron chi connectivity index (χ1n) is 15.8. The smallest absolute Gasteiger partial charge is 0.550 e. The molecule has 3 saturated heterocycles. The molecule has 3 aromatic rings. The average molecular weight is 642 g/mol. The first-order valence-corrected chi connectivity index (χ1v) is 15.8. The number of likely N-dealkylation sites (tertiary alicyclic amines) is 1. The molecule has 0 N–H and O–H groups in total. The molecule has 0 saturated carbocycles. The summed E-state index contributed by atoms with van der Waals surface area (Å²) in [5.74, 6) is -1.99. The van der Waals surface area contributed by atoms with Crippen molar-refractivity contribution in [2.75, 3.05) is 44.3 Å². The third-order valence-electron chi connectivity index (χ3n) is 9.47. The number of carbonyl (C=O) groups is 2. The van der Waals surface area contributed by atoms with E-state index in [1.165, 1.54) is 11.6 Å². The monoisotopic (exact) mass is 641 g/mol. The number of benzene rings is 2. The molecule has 11 heteroatoms. The molecule has 2 aromatic carbocycles. The number of carboxylic acids is 1. The topological polar surface area (TPSA) is 95.0 Å².